The molecule has 0 radical (unpaired) electrons. The minimum absolute atomic E-state index is 0.0727. The van der Waals surface area contributed by atoms with E-state index in [2.05, 4.69) is 81.5 Å². The maximum Gasteiger partial charge on any atom is 0.306 e. The first-order valence-electron chi connectivity index (χ1n) is 33.3. The van der Waals surface area contributed by atoms with Gasteiger partial charge in [0.05, 0.1) is 0 Å². The Morgan fingerprint density at radius 2 is 0.526 bits per heavy atom. The normalized spacial score (nSPS) is 12.4. The van der Waals surface area contributed by atoms with E-state index in [4.69, 9.17) is 14.2 Å². The summed E-state index contributed by atoms with van der Waals surface area (Å²) in [7, 11) is 0. The summed E-state index contributed by atoms with van der Waals surface area (Å²) in [5.74, 6) is -0.862. The number of hydrogen-bond donors (Lipinski definition) is 0. The smallest absolute Gasteiger partial charge is 0.306 e. The second-order valence-corrected chi connectivity index (χ2v) is 22.4. The summed E-state index contributed by atoms with van der Waals surface area (Å²) in [6.07, 6.45) is 82.4. The topological polar surface area (TPSA) is 78.9 Å². The number of ether oxygens (including phenoxy) is 3. The molecule has 0 saturated carbocycles. The second-order valence-electron chi connectivity index (χ2n) is 22.4. The van der Waals surface area contributed by atoms with Crippen molar-refractivity contribution < 1.29 is 28.6 Å². The molecule has 1 unspecified atom stereocenters. The number of esters is 3. The monoisotopic (exact) mass is 1060 g/mol. The molecule has 0 heterocycles. The van der Waals surface area contributed by atoms with Crippen molar-refractivity contribution in [3.63, 3.8) is 0 Å². The van der Waals surface area contributed by atoms with Crippen LogP contribution < -0.4 is 0 Å². The van der Waals surface area contributed by atoms with Crippen LogP contribution in [-0.4, -0.2) is 37.2 Å². The van der Waals surface area contributed by atoms with Gasteiger partial charge in [-0.3, -0.25) is 14.4 Å². The van der Waals surface area contributed by atoms with Gasteiger partial charge in [0.1, 0.15) is 13.2 Å². The van der Waals surface area contributed by atoms with E-state index in [1.165, 1.54) is 218 Å². The Labute approximate surface area is 472 Å². The average molecular weight is 1060 g/mol. The zero-order valence-corrected chi connectivity index (χ0v) is 50.8. The van der Waals surface area contributed by atoms with Crippen LogP contribution in [0.5, 0.6) is 0 Å². The van der Waals surface area contributed by atoms with Crippen LogP contribution in [0.15, 0.2) is 60.8 Å². The molecule has 76 heavy (non-hydrogen) atoms. The van der Waals surface area contributed by atoms with E-state index < -0.39 is 6.10 Å². The van der Waals surface area contributed by atoms with Crippen LogP contribution in [0.1, 0.15) is 348 Å². The zero-order chi connectivity index (χ0) is 55.0. The molecule has 0 aromatic heterocycles. The van der Waals surface area contributed by atoms with Crippen molar-refractivity contribution in [3.8, 4) is 0 Å². The molecule has 0 spiro atoms. The summed E-state index contributed by atoms with van der Waals surface area (Å²) in [6.45, 7) is 6.54. The van der Waals surface area contributed by atoms with Crippen LogP contribution in [0.2, 0.25) is 0 Å². The standard InChI is InChI=1S/C70H126O6/c1-4-7-10-13-16-19-22-24-26-28-30-32-33-34-35-36-37-38-40-41-43-45-48-51-54-57-60-63-69(72)75-66-67(65-74-68(71)62-59-56-53-50-47-21-18-15-12-9-6-3)76-70(73)64-61-58-55-52-49-46-44-42-39-31-29-27-25-23-20-17-14-11-8-5-2/h7,10,15-16,18-19,24,26,30,32,67H,4-6,8-9,11-14,17,20-23,25,27-29,31,33-66H2,1-3H3/b10-7-,18-15-,19-16-,26-24-,32-30-. The first-order valence-corrected chi connectivity index (χ1v) is 33.3. The molecule has 0 aliphatic carbocycles. The largest absolute Gasteiger partial charge is 0.462 e. The number of unbranched alkanes of at least 4 members (excludes halogenated alkanes) is 40. The van der Waals surface area contributed by atoms with Crippen molar-refractivity contribution in [2.75, 3.05) is 13.2 Å². The average Bonchev–Trinajstić information content (AvgIpc) is 3.42. The van der Waals surface area contributed by atoms with E-state index in [-0.39, 0.29) is 31.1 Å². The van der Waals surface area contributed by atoms with Gasteiger partial charge in [0.15, 0.2) is 6.10 Å². The van der Waals surface area contributed by atoms with Gasteiger partial charge in [0.25, 0.3) is 0 Å². The molecule has 442 valence electrons. The molecule has 0 saturated heterocycles. The number of carbonyl (C=O) groups is 3. The molecule has 0 aliphatic rings. The van der Waals surface area contributed by atoms with Crippen molar-refractivity contribution in [2.24, 2.45) is 0 Å². The highest BCUT2D eigenvalue weighted by molar-refractivity contribution is 5.71. The van der Waals surface area contributed by atoms with Gasteiger partial charge in [-0.1, -0.05) is 313 Å². The molecule has 0 amide bonds. The predicted octanol–water partition coefficient (Wildman–Crippen LogP) is 22.7. The van der Waals surface area contributed by atoms with Gasteiger partial charge in [-0.25, -0.2) is 0 Å². The fourth-order valence-electron chi connectivity index (χ4n) is 9.77. The van der Waals surface area contributed by atoms with Crippen molar-refractivity contribution in [2.45, 2.75) is 354 Å². The Kier molecular flexibility index (Phi) is 62.2. The van der Waals surface area contributed by atoms with E-state index in [0.717, 1.165) is 89.9 Å². The molecule has 0 aliphatic heterocycles. The SMILES string of the molecule is CC/C=C\C/C=C\C/C=C\C/C=C\CCCCCCCCCCCCCCCCC(=O)OCC(COC(=O)CCCCCCC/C=C\CCCC)OC(=O)CCCCCCCCCCCCCCCCCCCCCC. The van der Waals surface area contributed by atoms with Crippen molar-refractivity contribution in [3.05, 3.63) is 60.8 Å². The summed E-state index contributed by atoms with van der Waals surface area (Å²) < 4.78 is 16.9. The van der Waals surface area contributed by atoms with Gasteiger partial charge >= 0.3 is 17.9 Å². The molecular weight excluding hydrogens is 937 g/mol. The molecule has 0 N–H and O–H groups in total. The van der Waals surface area contributed by atoms with Gasteiger partial charge in [-0.2, -0.15) is 0 Å². The van der Waals surface area contributed by atoms with Gasteiger partial charge < -0.3 is 14.2 Å². The lowest BCUT2D eigenvalue weighted by atomic mass is 10.0. The van der Waals surface area contributed by atoms with E-state index in [1.807, 2.05) is 0 Å². The van der Waals surface area contributed by atoms with Crippen LogP contribution in [0.25, 0.3) is 0 Å². The molecule has 6 nitrogen and oxygen atoms in total. The Balaban J connectivity index is 4.20. The minimum atomic E-state index is -0.775. The zero-order valence-electron chi connectivity index (χ0n) is 50.8. The minimum Gasteiger partial charge on any atom is -0.462 e. The third-order valence-corrected chi connectivity index (χ3v) is 14.8. The molecule has 1 atom stereocenters. The Bertz CT molecular complexity index is 1360. The Morgan fingerprint density at radius 1 is 0.276 bits per heavy atom. The maximum atomic E-state index is 12.9. The third kappa shape index (κ3) is 62.0. The first-order chi connectivity index (χ1) is 37.5. The van der Waals surface area contributed by atoms with E-state index in [1.54, 1.807) is 0 Å². The summed E-state index contributed by atoms with van der Waals surface area (Å²) in [4.78, 5) is 38.3. The van der Waals surface area contributed by atoms with Crippen molar-refractivity contribution in [1.29, 1.82) is 0 Å². The van der Waals surface area contributed by atoms with E-state index in [0.29, 0.717) is 19.3 Å². The molecule has 0 fully saturated rings. The summed E-state index contributed by atoms with van der Waals surface area (Å²) in [5.41, 5.74) is 0. The predicted molar refractivity (Wildman–Crippen MR) is 330 cm³/mol. The van der Waals surface area contributed by atoms with E-state index >= 15 is 0 Å². The number of allylic oxidation sites excluding steroid dienone is 10. The highest BCUT2D eigenvalue weighted by Crippen LogP contribution is 2.18. The second kappa shape index (κ2) is 64.6. The highest BCUT2D eigenvalue weighted by atomic mass is 16.6. The third-order valence-electron chi connectivity index (χ3n) is 14.8. The number of carbonyl (C=O) groups excluding carboxylic acids is 3. The lowest BCUT2D eigenvalue weighted by Gasteiger charge is -2.18. The highest BCUT2D eigenvalue weighted by Gasteiger charge is 2.19. The molecule has 0 aromatic rings. The van der Waals surface area contributed by atoms with Crippen LogP contribution >= 0.6 is 0 Å². The van der Waals surface area contributed by atoms with Crippen molar-refractivity contribution in [1.82, 2.24) is 0 Å². The summed E-state index contributed by atoms with van der Waals surface area (Å²) in [6, 6.07) is 0. The molecule has 0 bridgehead atoms. The summed E-state index contributed by atoms with van der Waals surface area (Å²) >= 11 is 0. The van der Waals surface area contributed by atoms with E-state index in [9.17, 15) is 14.4 Å². The number of rotatable bonds is 61. The molecular formula is C70H126O6. The molecule has 0 rings (SSSR count). The van der Waals surface area contributed by atoms with Gasteiger partial charge in [0, 0.05) is 19.3 Å². The van der Waals surface area contributed by atoms with Gasteiger partial charge in [-0.05, 0) is 77.0 Å². The fraction of sp³-hybridized carbons (Fsp3) is 0.814. The van der Waals surface area contributed by atoms with Crippen molar-refractivity contribution >= 4 is 17.9 Å². The van der Waals surface area contributed by atoms with Gasteiger partial charge in [0.2, 0.25) is 0 Å². The lowest BCUT2D eigenvalue weighted by Crippen LogP contribution is -2.30. The molecule has 0 aromatic carbocycles. The lowest BCUT2D eigenvalue weighted by molar-refractivity contribution is -0.167. The maximum absolute atomic E-state index is 12.9. The first kappa shape index (κ1) is 73.1. The quantitative estimate of drug-likeness (QED) is 0.0261. The summed E-state index contributed by atoms with van der Waals surface area (Å²) in [5, 5.41) is 0. The number of hydrogen-bond acceptors (Lipinski definition) is 6. The van der Waals surface area contributed by atoms with Crippen LogP contribution in [0.3, 0.4) is 0 Å². The molecule has 6 heteroatoms. The Hall–Kier alpha value is -2.89. The van der Waals surface area contributed by atoms with Crippen LogP contribution in [0.4, 0.5) is 0 Å². The van der Waals surface area contributed by atoms with Crippen LogP contribution in [-0.2, 0) is 28.6 Å². The van der Waals surface area contributed by atoms with Gasteiger partial charge in [-0.15, -0.1) is 0 Å². The fourth-order valence-corrected chi connectivity index (χ4v) is 9.77. The van der Waals surface area contributed by atoms with Crippen LogP contribution in [0, 0.1) is 0 Å². The Morgan fingerprint density at radius 3 is 0.855 bits per heavy atom.